The normalized spacial score (nSPS) is 19.9. The second kappa shape index (κ2) is 6.63. The number of imide groups is 1. The number of amides is 3. The Morgan fingerprint density at radius 1 is 1.28 bits per heavy atom. The fourth-order valence-electron chi connectivity index (χ4n) is 3.32. The quantitative estimate of drug-likeness (QED) is 0.831. The molecule has 0 bridgehead atoms. The molecular weight excluding hydrogens is 320 g/mol. The van der Waals surface area contributed by atoms with E-state index < -0.39 is 17.9 Å². The monoisotopic (exact) mass is 340 g/mol. The third kappa shape index (κ3) is 2.99. The molecule has 2 heterocycles. The van der Waals surface area contributed by atoms with Crippen LogP contribution in [0.3, 0.4) is 0 Å². The largest absolute Gasteiger partial charge is 0.329 e. The molecule has 0 aliphatic carbocycles. The number of hydrogen-bond acceptors (Lipinski definition) is 4. The van der Waals surface area contributed by atoms with Gasteiger partial charge in [-0.05, 0) is 30.9 Å². The zero-order valence-electron chi connectivity index (χ0n) is 14.1. The Morgan fingerprint density at radius 3 is 2.72 bits per heavy atom. The van der Waals surface area contributed by atoms with Crippen LogP contribution in [-0.2, 0) is 16.0 Å². The molecule has 3 rings (SSSR count). The number of carbonyl (C=O) groups excluding carboxylic acids is 4. The maximum atomic E-state index is 12.9. The van der Waals surface area contributed by atoms with E-state index in [9.17, 15) is 19.2 Å². The molecule has 3 amide bonds. The third-order valence-corrected chi connectivity index (χ3v) is 4.73. The summed E-state index contributed by atoms with van der Waals surface area (Å²) in [6.45, 7) is 5.51. The van der Waals surface area contributed by atoms with Crippen molar-refractivity contribution >= 4 is 23.5 Å². The molecule has 0 aromatic heterocycles. The van der Waals surface area contributed by atoms with Crippen molar-refractivity contribution < 1.29 is 19.2 Å². The number of ketones is 1. The summed E-state index contributed by atoms with van der Waals surface area (Å²) in [7, 11) is 0. The Hall–Kier alpha value is -2.76. The van der Waals surface area contributed by atoms with Crippen LogP contribution >= 0.6 is 0 Å². The third-order valence-electron chi connectivity index (χ3n) is 4.73. The number of hydrogen-bond donors (Lipinski definition) is 1. The van der Waals surface area contributed by atoms with Crippen LogP contribution in [-0.4, -0.2) is 34.4 Å². The lowest BCUT2D eigenvalue weighted by Crippen LogP contribution is -2.51. The first-order chi connectivity index (χ1) is 11.9. The van der Waals surface area contributed by atoms with Crippen LogP contribution in [0.25, 0.3) is 0 Å². The molecule has 2 aliphatic heterocycles. The molecule has 1 atom stereocenters. The zero-order valence-corrected chi connectivity index (χ0v) is 14.1. The van der Waals surface area contributed by atoms with Gasteiger partial charge in [0, 0.05) is 18.5 Å². The number of carbonyl (C=O) groups is 4. The highest BCUT2D eigenvalue weighted by Crippen LogP contribution is 2.31. The fourth-order valence-corrected chi connectivity index (χ4v) is 3.32. The fraction of sp³-hybridized carbons (Fsp3) is 0.368. The van der Waals surface area contributed by atoms with Gasteiger partial charge in [0.2, 0.25) is 5.91 Å². The molecule has 0 radical (unpaired) electrons. The highest BCUT2D eigenvalue weighted by atomic mass is 16.2. The minimum atomic E-state index is -0.817. The first-order valence-corrected chi connectivity index (χ1v) is 8.44. The van der Waals surface area contributed by atoms with E-state index in [1.807, 2.05) is 0 Å². The summed E-state index contributed by atoms with van der Waals surface area (Å²) in [6.07, 6.45) is 2.09. The number of benzene rings is 1. The van der Waals surface area contributed by atoms with Gasteiger partial charge in [0.05, 0.1) is 11.1 Å². The number of fused-ring (bicyclic) bond motifs is 1. The molecule has 2 aliphatic rings. The summed E-state index contributed by atoms with van der Waals surface area (Å²) < 4.78 is 0. The Kier molecular flexibility index (Phi) is 4.53. The lowest BCUT2D eigenvalue weighted by molar-refractivity contribution is -0.125. The molecule has 1 unspecified atom stereocenters. The van der Waals surface area contributed by atoms with Gasteiger partial charge < -0.3 is 5.32 Å². The van der Waals surface area contributed by atoms with E-state index in [2.05, 4.69) is 11.9 Å². The highest BCUT2D eigenvalue weighted by molar-refractivity contribution is 6.23. The van der Waals surface area contributed by atoms with Crippen LogP contribution in [0.15, 0.2) is 30.5 Å². The van der Waals surface area contributed by atoms with Crippen molar-refractivity contribution in [3.63, 3.8) is 0 Å². The molecule has 130 valence electrons. The Morgan fingerprint density at radius 2 is 2.04 bits per heavy atom. The van der Waals surface area contributed by atoms with Crippen LogP contribution in [0, 0.1) is 0 Å². The number of aryl methyl sites for hydroxylation is 1. The van der Waals surface area contributed by atoms with Gasteiger partial charge in [0.1, 0.15) is 11.8 Å². The Bertz CT molecular complexity index is 797. The summed E-state index contributed by atoms with van der Waals surface area (Å²) in [5, 5.41) is 2.61. The number of nitrogens with one attached hydrogen (secondary N) is 1. The SMILES string of the molecule is C=C1CCC(N2C(=O)c3cccc(CCC(=O)CC)c3C2=O)C(=O)N1. The first-order valence-electron chi connectivity index (χ1n) is 8.44. The van der Waals surface area contributed by atoms with E-state index in [4.69, 9.17) is 0 Å². The van der Waals surface area contributed by atoms with Gasteiger partial charge in [-0.15, -0.1) is 0 Å². The van der Waals surface area contributed by atoms with Gasteiger partial charge in [-0.3, -0.25) is 24.1 Å². The van der Waals surface area contributed by atoms with Crippen molar-refractivity contribution in [1.82, 2.24) is 10.2 Å². The van der Waals surface area contributed by atoms with Crippen LogP contribution in [0.2, 0.25) is 0 Å². The van der Waals surface area contributed by atoms with Gasteiger partial charge in [-0.1, -0.05) is 25.6 Å². The van der Waals surface area contributed by atoms with E-state index in [0.29, 0.717) is 54.5 Å². The second-order valence-electron chi connectivity index (χ2n) is 6.36. The van der Waals surface area contributed by atoms with Gasteiger partial charge in [-0.25, -0.2) is 0 Å². The van der Waals surface area contributed by atoms with Crippen molar-refractivity contribution in [3.05, 3.63) is 47.2 Å². The van der Waals surface area contributed by atoms with Crippen LogP contribution in [0.4, 0.5) is 0 Å². The molecule has 0 saturated carbocycles. The molecule has 6 heteroatoms. The number of allylic oxidation sites excluding steroid dienone is 1. The summed E-state index contributed by atoms with van der Waals surface area (Å²) in [5.74, 6) is -1.17. The molecular formula is C19H20N2O4. The zero-order chi connectivity index (χ0) is 18.1. The lowest BCUT2D eigenvalue weighted by Gasteiger charge is -2.29. The predicted octanol–water partition coefficient (Wildman–Crippen LogP) is 1.99. The van der Waals surface area contributed by atoms with E-state index in [1.54, 1.807) is 25.1 Å². The summed E-state index contributed by atoms with van der Waals surface area (Å²) in [5.41, 5.74) is 1.91. The topological polar surface area (TPSA) is 83.6 Å². The van der Waals surface area contributed by atoms with Gasteiger partial charge >= 0.3 is 0 Å². The molecule has 25 heavy (non-hydrogen) atoms. The predicted molar refractivity (Wildman–Crippen MR) is 90.9 cm³/mol. The Balaban J connectivity index is 1.90. The smallest absolute Gasteiger partial charge is 0.262 e. The molecule has 1 fully saturated rings. The van der Waals surface area contributed by atoms with Crippen molar-refractivity contribution in [2.75, 3.05) is 0 Å². The lowest BCUT2D eigenvalue weighted by atomic mass is 9.98. The van der Waals surface area contributed by atoms with Crippen molar-refractivity contribution in [1.29, 1.82) is 0 Å². The highest BCUT2D eigenvalue weighted by Gasteiger charge is 2.44. The number of nitrogens with zero attached hydrogens (tertiary/aromatic N) is 1. The first kappa shape index (κ1) is 17.1. The van der Waals surface area contributed by atoms with E-state index >= 15 is 0 Å². The van der Waals surface area contributed by atoms with Gasteiger partial charge in [-0.2, -0.15) is 0 Å². The molecule has 6 nitrogen and oxygen atoms in total. The molecule has 1 aromatic carbocycles. The maximum Gasteiger partial charge on any atom is 0.262 e. The van der Waals surface area contributed by atoms with Gasteiger partial charge in [0.25, 0.3) is 11.8 Å². The van der Waals surface area contributed by atoms with Crippen molar-refractivity contribution in [3.8, 4) is 0 Å². The average Bonchev–Trinajstić information content (AvgIpc) is 2.85. The van der Waals surface area contributed by atoms with Crippen molar-refractivity contribution in [2.24, 2.45) is 0 Å². The van der Waals surface area contributed by atoms with E-state index in [1.165, 1.54) is 0 Å². The summed E-state index contributed by atoms with van der Waals surface area (Å²) in [6, 6.07) is 4.25. The van der Waals surface area contributed by atoms with E-state index in [0.717, 1.165) is 4.90 Å². The van der Waals surface area contributed by atoms with Crippen LogP contribution in [0.1, 0.15) is 58.9 Å². The summed E-state index contributed by atoms with van der Waals surface area (Å²) in [4.78, 5) is 50.5. The maximum absolute atomic E-state index is 12.9. The number of Topliss-reactive ketones (excluding diaryl/α,β-unsaturated/α-hetero) is 1. The van der Waals surface area contributed by atoms with E-state index in [-0.39, 0.29) is 11.7 Å². The number of rotatable bonds is 5. The number of piperidine rings is 1. The minimum absolute atomic E-state index is 0.108. The summed E-state index contributed by atoms with van der Waals surface area (Å²) >= 11 is 0. The molecule has 0 spiro atoms. The Labute approximate surface area is 145 Å². The molecule has 1 N–H and O–H groups in total. The van der Waals surface area contributed by atoms with Crippen LogP contribution < -0.4 is 5.32 Å². The average molecular weight is 340 g/mol. The van der Waals surface area contributed by atoms with Crippen molar-refractivity contribution in [2.45, 2.75) is 45.1 Å². The second-order valence-corrected chi connectivity index (χ2v) is 6.36. The minimum Gasteiger partial charge on any atom is -0.329 e. The van der Waals surface area contributed by atoms with Crippen LogP contribution in [0.5, 0.6) is 0 Å². The molecule has 1 saturated heterocycles. The van der Waals surface area contributed by atoms with Gasteiger partial charge in [0.15, 0.2) is 0 Å². The molecule has 1 aromatic rings. The standard InChI is InChI=1S/C19H20N2O4/c1-3-13(22)9-8-12-5-4-6-14-16(12)19(25)21(18(14)24)15-10-7-11(2)20-17(15)23/h4-6,15H,2-3,7-10H2,1H3,(H,20,23).